The number of rotatable bonds is 5. The van der Waals surface area contributed by atoms with Crippen LogP contribution in [-0.2, 0) is 4.79 Å². The fraction of sp³-hybridized carbons (Fsp3) is 0.320. The third-order valence-electron chi connectivity index (χ3n) is 5.61. The average molecular weight is 433 g/mol. The lowest BCUT2D eigenvalue weighted by molar-refractivity contribution is -0.120. The van der Waals surface area contributed by atoms with Crippen molar-refractivity contribution in [1.82, 2.24) is 9.97 Å². The number of nitrogens with one attached hydrogen (secondary N) is 1. The Labute approximate surface area is 188 Å². The van der Waals surface area contributed by atoms with Gasteiger partial charge >= 0.3 is 0 Å². The molecule has 1 atom stereocenters. The number of benzene rings is 2. The van der Waals surface area contributed by atoms with Crippen molar-refractivity contribution in [2.75, 3.05) is 23.3 Å². The summed E-state index contributed by atoms with van der Waals surface area (Å²) in [5.41, 5.74) is 4.41. The van der Waals surface area contributed by atoms with Gasteiger partial charge in [0.1, 0.15) is 5.03 Å². The van der Waals surface area contributed by atoms with Crippen LogP contribution in [0.4, 0.5) is 11.5 Å². The summed E-state index contributed by atoms with van der Waals surface area (Å²) in [5.74, 6) is 0.860. The number of aryl methyl sites for hydroxylation is 3. The molecule has 160 valence electrons. The van der Waals surface area contributed by atoms with Crippen molar-refractivity contribution in [2.45, 2.75) is 43.5 Å². The Bertz CT molecular complexity index is 1070. The first kappa shape index (κ1) is 21.4. The zero-order chi connectivity index (χ0) is 21.8. The topological polar surface area (TPSA) is 58.1 Å². The summed E-state index contributed by atoms with van der Waals surface area (Å²) in [6, 6.07) is 14.5. The van der Waals surface area contributed by atoms with Crippen LogP contribution in [0, 0.1) is 26.7 Å². The number of amides is 1. The van der Waals surface area contributed by atoms with Crippen molar-refractivity contribution in [3.05, 3.63) is 71.5 Å². The molecule has 6 heteroatoms. The van der Waals surface area contributed by atoms with E-state index in [1.807, 2.05) is 19.1 Å². The highest BCUT2D eigenvalue weighted by atomic mass is 32.2. The van der Waals surface area contributed by atoms with Gasteiger partial charge in [-0.15, -0.1) is 0 Å². The first-order valence-electron chi connectivity index (χ1n) is 10.7. The van der Waals surface area contributed by atoms with E-state index in [4.69, 9.17) is 0 Å². The number of anilines is 2. The van der Waals surface area contributed by atoms with Crippen LogP contribution in [0.25, 0.3) is 0 Å². The molecule has 2 aromatic carbocycles. The van der Waals surface area contributed by atoms with Gasteiger partial charge in [0.2, 0.25) is 5.91 Å². The zero-order valence-electron chi connectivity index (χ0n) is 18.3. The lowest BCUT2D eigenvalue weighted by Crippen LogP contribution is -2.41. The number of carbonyl (C=O) groups is 1. The summed E-state index contributed by atoms with van der Waals surface area (Å²) in [6.45, 7) is 7.71. The van der Waals surface area contributed by atoms with Crippen molar-refractivity contribution in [3.8, 4) is 0 Å². The van der Waals surface area contributed by atoms with Crippen LogP contribution in [0.15, 0.2) is 64.8 Å². The number of hydrogen-bond donors (Lipinski definition) is 1. The van der Waals surface area contributed by atoms with Gasteiger partial charge in [-0.3, -0.25) is 4.79 Å². The third-order valence-corrected chi connectivity index (χ3v) is 6.60. The number of piperidine rings is 1. The van der Waals surface area contributed by atoms with E-state index in [9.17, 15) is 4.79 Å². The maximum absolute atomic E-state index is 13.0. The molecule has 0 bridgehead atoms. The van der Waals surface area contributed by atoms with E-state index >= 15 is 0 Å². The lowest BCUT2D eigenvalue weighted by Gasteiger charge is -2.33. The summed E-state index contributed by atoms with van der Waals surface area (Å²) in [7, 11) is 0. The van der Waals surface area contributed by atoms with Gasteiger partial charge in [0, 0.05) is 36.1 Å². The first-order valence-corrected chi connectivity index (χ1v) is 11.5. The molecule has 1 fully saturated rings. The highest BCUT2D eigenvalue weighted by Gasteiger charge is 2.28. The molecule has 0 saturated carbocycles. The molecule has 1 aliphatic heterocycles. The van der Waals surface area contributed by atoms with Gasteiger partial charge in [0.25, 0.3) is 0 Å². The lowest BCUT2D eigenvalue weighted by atomic mass is 9.97. The van der Waals surface area contributed by atoms with Gasteiger partial charge in [-0.1, -0.05) is 47.2 Å². The molecule has 1 aliphatic rings. The van der Waals surface area contributed by atoms with Crippen molar-refractivity contribution in [3.63, 3.8) is 0 Å². The molecule has 1 saturated heterocycles. The van der Waals surface area contributed by atoms with E-state index in [-0.39, 0.29) is 11.8 Å². The van der Waals surface area contributed by atoms with Crippen molar-refractivity contribution >= 4 is 29.2 Å². The van der Waals surface area contributed by atoms with Crippen molar-refractivity contribution < 1.29 is 4.79 Å². The summed E-state index contributed by atoms with van der Waals surface area (Å²) in [6.07, 6.45) is 5.30. The molecule has 5 nitrogen and oxygen atoms in total. The van der Waals surface area contributed by atoms with Crippen molar-refractivity contribution in [2.24, 2.45) is 5.92 Å². The minimum atomic E-state index is -0.0753. The monoisotopic (exact) mass is 432 g/mol. The SMILES string of the molecule is Cc1ccc(Sc2nccnc2N2CCC[C@H](C(=O)Nc3ccc(C)cc3C)C2)cc1. The Morgan fingerprint density at radius 1 is 1.03 bits per heavy atom. The van der Waals surface area contributed by atoms with Gasteiger partial charge in [0.15, 0.2) is 5.82 Å². The molecule has 2 heterocycles. The predicted octanol–water partition coefficient (Wildman–Crippen LogP) is 5.41. The van der Waals surface area contributed by atoms with Gasteiger partial charge in [-0.2, -0.15) is 0 Å². The molecular weight excluding hydrogens is 404 g/mol. The minimum absolute atomic E-state index is 0.0753. The second-order valence-corrected chi connectivity index (χ2v) is 9.26. The zero-order valence-corrected chi connectivity index (χ0v) is 19.1. The standard InChI is InChI=1S/C25H28N4OS/c1-17-6-9-21(10-7-17)31-25-23(26-12-13-27-25)29-14-4-5-20(16-29)24(30)28-22-11-8-18(2)15-19(22)3/h6-13,15,20H,4-5,14,16H2,1-3H3,(H,28,30)/t20-/m0/s1. The fourth-order valence-corrected chi connectivity index (χ4v) is 4.78. The average Bonchev–Trinajstić information content (AvgIpc) is 2.78. The maximum atomic E-state index is 13.0. The van der Waals surface area contributed by atoms with Gasteiger partial charge in [0.05, 0.1) is 5.92 Å². The molecule has 31 heavy (non-hydrogen) atoms. The summed E-state index contributed by atoms with van der Waals surface area (Å²) in [5, 5.41) is 4.01. The van der Waals surface area contributed by atoms with Crippen LogP contribution in [0.2, 0.25) is 0 Å². The molecule has 1 amide bonds. The molecular formula is C25H28N4OS. The smallest absolute Gasteiger partial charge is 0.229 e. The van der Waals surface area contributed by atoms with Gasteiger partial charge < -0.3 is 10.2 Å². The fourth-order valence-electron chi connectivity index (χ4n) is 3.90. The normalized spacial score (nSPS) is 16.2. The third kappa shape index (κ3) is 5.25. The molecule has 1 N–H and O–H groups in total. The highest BCUT2D eigenvalue weighted by molar-refractivity contribution is 7.99. The van der Waals surface area contributed by atoms with Crippen molar-refractivity contribution in [1.29, 1.82) is 0 Å². The largest absolute Gasteiger partial charge is 0.354 e. The van der Waals surface area contributed by atoms with Gasteiger partial charge in [-0.25, -0.2) is 9.97 Å². The van der Waals surface area contributed by atoms with E-state index < -0.39 is 0 Å². The second-order valence-electron chi connectivity index (χ2n) is 8.19. The number of hydrogen-bond acceptors (Lipinski definition) is 5. The first-order chi connectivity index (χ1) is 15.0. The van der Waals surface area contributed by atoms with Crippen LogP contribution >= 0.6 is 11.8 Å². The van der Waals surface area contributed by atoms with Crippen LogP contribution in [0.1, 0.15) is 29.5 Å². The Hall–Kier alpha value is -2.86. The van der Waals surface area contributed by atoms with Crippen LogP contribution in [0.3, 0.4) is 0 Å². The Balaban J connectivity index is 1.48. The van der Waals surface area contributed by atoms with E-state index in [1.54, 1.807) is 24.2 Å². The Kier molecular flexibility index (Phi) is 6.56. The Morgan fingerprint density at radius 2 is 1.77 bits per heavy atom. The van der Waals surface area contributed by atoms with Gasteiger partial charge in [-0.05, 0) is 57.4 Å². The number of carbonyl (C=O) groups excluding carboxylic acids is 1. The number of nitrogens with zero attached hydrogens (tertiary/aromatic N) is 3. The van der Waals surface area contributed by atoms with Crippen LogP contribution < -0.4 is 10.2 Å². The number of aromatic nitrogens is 2. The molecule has 0 aliphatic carbocycles. The second kappa shape index (κ2) is 9.52. The van der Waals surface area contributed by atoms with E-state index in [2.05, 4.69) is 64.4 Å². The highest BCUT2D eigenvalue weighted by Crippen LogP contribution is 2.34. The molecule has 0 unspecified atom stereocenters. The van der Waals surface area contributed by atoms with E-state index in [0.29, 0.717) is 6.54 Å². The minimum Gasteiger partial charge on any atom is -0.354 e. The van der Waals surface area contributed by atoms with E-state index in [0.717, 1.165) is 46.4 Å². The quantitative estimate of drug-likeness (QED) is 0.584. The molecule has 3 aromatic rings. The summed E-state index contributed by atoms with van der Waals surface area (Å²) in [4.78, 5) is 25.6. The molecule has 4 rings (SSSR count). The molecule has 1 aromatic heterocycles. The summed E-state index contributed by atoms with van der Waals surface area (Å²) < 4.78 is 0. The van der Waals surface area contributed by atoms with Crippen LogP contribution in [0.5, 0.6) is 0 Å². The predicted molar refractivity (Wildman–Crippen MR) is 127 cm³/mol. The summed E-state index contributed by atoms with van der Waals surface area (Å²) >= 11 is 1.62. The molecule has 0 spiro atoms. The van der Waals surface area contributed by atoms with Crippen LogP contribution in [-0.4, -0.2) is 29.0 Å². The maximum Gasteiger partial charge on any atom is 0.229 e. The molecule has 0 radical (unpaired) electrons. The van der Waals surface area contributed by atoms with E-state index in [1.165, 1.54) is 11.1 Å². The Morgan fingerprint density at radius 3 is 2.55 bits per heavy atom.